The normalized spacial score (nSPS) is 26.8. The maximum absolute atomic E-state index is 6.40. The summed E-state index contributed by atoms with van der Waals surface area (Å²) in [5.41, 5.74) is 10.0. The first-order valence-electron chi connectivity index (χ1n) is 6.50. The van der Waals surface area contributed by atoms with Gasteiger partial charge in [0.25, 0.3) is 0 Å². The van der Waals surface area contributed by atoms with Gasteiger partial charge in [-0.25, -0.2) is 0 Å². The standard InChI is InChI=1S/C15H23NO/c1-11-6-7-13(10-12(11)2)14(16)15(3)8-4-5-9-17-15/h6-7,10,14H,4-5,8-9,16H2,1-3H3. The molecule has 0 radical (unpaired) electrons. The summed E-state index contributed by atoms with van der Waals surface area (Å²) in [5.74, 6) is 0. The second kappa shape index (κ2) is 4.79. The molecule has 2 unspecified atom stereocenters. The van der Waals surface area contributed by atoms with Crippen LogP contribution >= 0.6 is 0 Å². The van der Waals surface area contributed by atoms with E-state index in [0.29, 0.717) is 0 Å². The van der Waals surface area contributed by atoms with Gasteiger partial charge in [-0.2, -0.15) is 0 Å². The summed E-state index contributed by atoms with van der Waals surface area (Å²) in [6.45, 7) is 7.25. The topological polar surface area (TPSA) is 35.2 Å². The van der Waals surface area contributed by atoms with Gasteiger partial charge in [0, 0.05) is 6.61 Å². The lowest BCUT2D eigenvalue weighted by molar-refractivity contribution is -0.0820. The molecule has 1 aromatic carbocycles. The van der Waals surface area contributed by atoms with Crippen molar-refractivity contribution in [2.45, 2.75) is 51.7 Å². The lowest BCUT2D eigenvalue weighted by atomic mass is 9.84. The highest BCUT2D eigenvalue weighted by Gasteiger charge is 2.35. The zero-order chi connectivity index (χ0) is 12.5. The highest BCUT2D eigenvalue weighted by molar-refractivity contribution is 5.32. The molecule has 2 N–H and O–H groups in total. The Morgan fingerprint density at radius 3 is 2.59 bits per heavy atom. The van der Waals surface area contributed by atoms with Gasteiger partial charge in [-0.15, -0.1) is 0 Å². The van der Waals surface area contributed by atoms with Crippen LogP contribution in [0.4, 0.5) is 0 Å². The Morgan fingerprint density at radius 2 is 2.00 bits per heavy atom. The van der Waals surface area contributed by atoms with Crippen LogP contribution in [0.2, 0.25) is 0 Å². The van der Waals surface area contributed by atoms with Gasteiger partial charge < -0.3 is 10.5 Å². The zero-order valence-corrected chi connectivity index (χ0v) is 11.1. The molecule has 0 bridgehead atoms. The molecular weight excluding hydrogens is 210 g/mol. The highest BCUT2D eigenvalue weighted by atomic mass is 16.5. The number of hydrogen-bond acceptors (Lipinski definition) is 2. The summed E-state index contributed by atoms with van der Waals surface area (Å²) in [4.78, 5) is 0. The Kier molecular flexibility index (Phi) is 3.55. The number of aryl methyl sites for hydroxylation is 2. The largest absolute Gasteiger partial charge is 0.373 e. The number of nitrogens with two attached hydrogens (primary N) is 1. The molecule has 2 rings (SSSR count). The average Bonchev–Trinajstić information content (AvgIpc) is 2.33. The number of benzene rings is 1. The Hall–Kier alpha value is -0.860. The van der Waals surface area contributed by atoms with Crippen molar-refractivity contribution in [3.63, 3.8) is 0 Å². The minimum absolute atomic E-state index is 0.0258. The van der Waals surface area contributed by atoms with Gasteiger partial charge in [-0.05, 0) is 56.7 Å². The third-order valence-corrected chi connectivity index (χ3v) is 4.05. The molecule has 94 valence electrons. The molecule has 2 heteroatoms. The van der Waals surface area contributed by atoms with Gasteiger partial charge in [0.05, 0.1) is 11.6 Å². The summed E-state index contributed by atoms with van der Waals surface area (Å²) >= 11 is 0. The molecule has 0 aromatic heterocycles. The van der Waals surface area contributed by atoms with Gasteiger partial charge in [0.15, 0.2) is 0 Å². The number of hydrogen-bond donors (Lipinski definition) is 1. The van der Waals surface area contributed by atoms with E-state index in [1.807, 2.05) is 0 Å². The van der Waals surface area contributed by atoms with Crippen LogP contribution < -0.4 is 5.73 Å². The van der Waals surface area contributed by atoms with E-state index in [1.54, 1.807) is 0 Å². The molecule has 1 saturated heterocycles. The molecule has 2 nitrogen and oxygen atoms in total. The van der Waals surface area contributed by atoms with Crippen LogP contribution in [-0.2, 0) is 4.74 Å². The molecule has 1 aliphatic heterocycles. The van der Waals surface area contributed by atoms with Crippen molar-refractivity contribution in [1.29, 1.82) is 0 Å². The fourth-order valence-corrected chi connectivity index (χ4v) is 2.51. The van der Waals surface area contributed by atoms with E-state index in [4.69, 9.17) is 10.5 Å². The molecule has 1 aliphatic rings. The van der Waals surface area contributed by atoms with E-state index >= 15 is 0 Å². The van der Waals surface area contributed by atoms with E-state index < -0.39 is 0 Å². The predicted molar refractivity (Wildman–Crippen MR) is 71.1 cm³/mol. The van der Waals surface area contributed by atoms with Crippen LogP contribution in [0, 0.1) is 13.8 Å². The van der Waals surface area contributed by atoms with Crippen molar-refractivity contribution in [2.24, 2.45) is 5.73 Å². The Morgan fingerprint density at radius 1 is 1.24 bits per heavy atom. The molecule has 0 spiro atoms. The molecule has 0 aliphatic carbocycles. The summed E-state index contributed by atoms with van der Waals surface area (Å²) < 4.78 is 5.93. The number of ether oxygens (including phenoxy) is 1. The Balaban J connectivity index is 2.23. The second-order valence-corrected chi connectivity index (χ2v) is 5.44. The molecule has 1 aromatic rings. The first-order chi connectivity index (χ1) is 8.03. The predicted octanol–water partition coefficient (Wildman–Crippen LogP) is 3.26. The molecular formula is C15H23NO. The van der Waals surface area contributed by atoms with Crippen molar-refractivity contribution in [3.05, 3.63) is 34.9 Å². The fraction of sp³-hybridized carbons (Fsp3) is 0.600. The van der Waals surface area contributed by atoms with E-state index in [2.05, 4.69) is 39.0 Å². The third kappa shape index (κ3) is 2.53. The van der Waals surface area contributed by atoms with Crippen LogP contribution in [0.1, 0.15) is 48.9 Å². The summed E-state index contributed by atoms with van der Waals surface area (Å²) in [6.07, 6.45) is 3.44. The first kappa shape index (κ1) is 12.6. The summed E-state index contributed by atoms with van der Waals surface area (Å²) in [5, 5.41) is 0. The Bertz CT molecular complexity index is 394. The van der Waals surface area contributed by atoms with Crippen molar-refractivity contribution >= 4 is 0 Å². The lowest BCUT2D eigenvalue weighted by Gasteiger charge is -2.39. The van der Waals surface area contributed by atoms with E-state index in [9.17, 15) is 0 Å². The summed E-state index contributed by atoms with van der Waals surface area (Å²) in [7, 11) is 0. The lowest BCUT2D eigenvalue weighted by Crippen LogP contribution is -2.43. The maximum Gasteiger partial charge on any atom is 0.0846 e. The number of rotatable bonds is 2. The van der Waals surface area contributed by atoms with E-state index in [-0.39, 0.29) is 11.6 Å². The zero-order valence-electron chi connectivity index (χ0n) is 11.1. The quantitative estimate of drug-likeness (QED) is 0.851. The monoisotopic (exact) mass is 233 g/mol. The second-order valence-electron chi connectivity index (χ2n) is 5.44. The van der Waals surface area contributed by atoms with E-state index in [0.717, 1.165) is 19.4 Å². The van der Waals surface area contributed by atoms with Crippen LogP contribution in [0.3, 0.4) is 0 Å². The summed E-state index contributed by atoms with van der Waals surface area (Å²) in [6, 6.07) is 6.46. The minimum atomic E-state index is -0.194. The van der Waals surface area contributed by atoms with Gasteiger partial charge in [-0.1, -0.05) is 18.2 Å². The Labute approximate surface area is 104 Å². The van der Waals surface area contributed by atoms with Gasteiger partial charge in [0.2, 0.25) is 0 Å². The van der Waals surface area contributed by atoms with Gasteiger partial charge >= 0.3 is 0 Å². The molecule has 0 amide bonds. The molecule has 17 heavy (non-hydrogen) atoms. The first-order valence-corrected chi connectivity index (χ1v) is 6.50. The van der Waals surface area contributed by atoms with Crippen molar-refractivity contribution in [1.82, 2.24) is 0 Å². The van der Waals surface area contributed by atoms with Crippen molar-refractivity contribution in [3.8, 4) is 0 Å². The SMILES string of the molecule is Cc1ccc(C(N)C2(C)CCCCO2)cc1C. The van der Waals surface area contributed by atoms with Crippen molar-refractivity contribution in [2.75, 3.05) is 6.61 Å². The van der Waals surface area contributed by atoms with Gasteiger partial charge in [0.1, 0.15) is 0 Å². The minimum Gasteiger partial charge on any atom is -0.373 e. The van der Waals surface area contributed by atoms with Crippen LogP contribution in [0.15, 0.2) is 18.2 Å². The van der Waals surface area contributed by atoms with Crippen LogP contribution in [0.25, 0.3) is 0 Å². The van der Waals surface area contributed by atoms with Crippen LogP contribution in [-0.4, -0.2) is 12.2 Å². The smallest absolute Gasteiger partial charge is 0.0846 e. The fourth-order valence-electron chi connectivity index (χ4n) is 2.51. The van der Waals surface area contributed by atoms with E-state index in [1.165, 1.54) is 23.1 Å². The van der Waals surface area contributed by atoms with Crippen LogP contribution in [0.5, 0.6) is 0 Å². The third-order valence-electron chi connectivity index (χ3n) is 4.05. The molecule has 1 fully saturated rings. The molecule has 0 saturated carbocycles. The van der Waals surface area contributed by atoms with Gasteiger partial charge in [-0.3, -0.25) is 0 Å². The molecule has 1 heterocycles. The molecule has 2 atom stereocenters. The van der Waals surface area contributed by atoms with Crippen molar-refractivity contribution < 1.29 is 4.74 Å². The average molecular weight is 233 g/mol. The highest BCUT2D eigenvalue weighted by Crippen LogP contribution is 2.35. The maximum atomic E-state index is 6.40.